The van der Waals surface area contributed by atoms with E-state index in [1.807, 2.05) is 6.92 Å². The Morgan fingerprint density at radius 1 is 1.38 bits per heavy atom. The summed E-state index contributed by atoms with van der Waals surface area (Å²) in [6.45, 7) is 4.19. The Kier molecular flexibility index (Phi) is 3.80. The van der Waals surface area contributed by atoms with Crippen molar-refractivity contribution in [3.8, 4) is 0 Å². The van der Waals surface area contributed by atoms with Crippen molar-refractivity contribution >= 4 is 40.6 Å². The van der Waals surface area contributed by atoms with E-state index < -0.39 is 0 Å². The predicted octanol–water partition coefficient (Wildman–Crippen LogP) is 3.27. The standard InChI is InChI=1S/C10H11Cl3N2O/c1-6-5-15(2-3-16-6)10-8(12)4-7(11)9(13)14-10/h4,6H,2-3,5H2,1H3. The van der Waals surface area contributed by atoms with Crippen molar-refractivity contribution in [2.24, 2.45) is 0 Å². The Hall–Kier alpha value is -0.220. The lowest BCUT2D eigenvalue weighted by atomic mass is 10.3. The van der Waals surface area contributed by atoms with Crippen molar-refractivity contribution in [3.05, 3.63) is 21.3 Å². The summed E-state index contributed by atoms with van der Waals surface area (Å²) < 4.78 is 5.45. The Morgan fingerprint density at radius 3 is 2.81 bits per heavy atom. The van der Waals surface area contributed by atoms with Crippen LogP contribution in [-0.4, -0.2) is 30.8 Å². The fraction of sp³-hybridized carbons (Fsp3) is 0.500. The summed E-state index contributed by atoms with van der Waals surface area (Å²) in [5, 5.41) is 1.17. The Balaban J connectivity index is 2.29. The van der Waals surface area contributed by atoms with Gasteiger partial charge in [-0.15, -0.1) is 0 Å². The van der Waals surface area contributed by atoms with E-state index in [1.165, 1.54) is 0 Å². The second kappa shape index (κ2) is 4.96. The highest BCUT2D eigenvalue weighted by molar-refractivity contribution is 6.42. The van der Waals surface area contributed by atoms with Gasteiger partial charge in [-0.2, -0.15) is 0 Å². The normalized spacial score (nSPS) is 21.2. The van der Waals surface area contributed by atoms with E-state index in [0.717, 1.165) is 13.1 Å². The summed E-state index contributed by atoms with van der Waals surface area (Å²) in [6, 6.07) is 1.62. The number of morpholine rings is 1. The van der Waals surface area contributed by atoms with Crippen LogP contribution >= 0.6 is 34.8 Å². The molecule has 1 aliphatic heterocycles. The predicted molar refractivity (Wildman–Crippen MR) is 66.9 cm³/mol. The number of halogens is 3. The first kappa shape index (κ1) is 12.2. The van der Waals surface area contributed by atoms with E-state index in [0.29, 0.717) is 22.5 Å². The van der Waals surface area contributed by atoms with Gasteiger partial charge >= 0.3 is 0 Å². The van der Waals surface area contributed by atoms with Gasteiger partial charge in [0.05, 0.1) is 22.8 Å². The third kappa shape index (κ3) is 2.54. The van der Waals surface area contributed by atoms with E-state index in [2.05, 4.69) is 9.88 Å². The minimum atomic E-state index is 0.168. The first-order valence-electron chi connectivity index (χ1n) is 4.96. The van der Waals surface area contributed by atoms with Crippen LogP contribution in [0.25, 0.3) is 0 Å². The average Bonchev–Trinajstić information content (AvgIpc) is 2.23. The fourth-order valence-corrected chi connectivity index (χ4v) is 2.28. The molecule has 1 atom stereocenters. The van der Waals surface area contributed by atoms with Crippen molar-refractivity contribution < 1.29 is 4.74 Å². The minimum Gasteiger partial charge on any atom is -0.375 e. The zero-order valence-electron chi connectivity index (χ0n) is 8.71. The maximum absolute atomic E-state index is 6.09. The van der Waals surface area contributed by atoms with E-state index >= 15 is 0 Å². The molecule has 0 radical (unpaired) electrons. The highest BCUT2D eigenvalue weighted by Crippen LogP contribution is 2.31. The molecule has 3 nitrogen and oxygen atoms in total. The Morgan fingerprint density at radius 2 is 2.12 bits per heavy atom. The molecule has 0 bridgehead atoms. The highest BCUT2D eigenvalue weighted by Gasteiger charge is 2.21. The molecule has 1 aromatic rings. The molecule has 6 heteroatoms. The SMILES string of the molecule is CC1CN(c2nc(Cl)c(Cl)cc2Cl)CCO1. The van der Waals surface area contributed by atoms with Gasteiger partial charge in [-0.3, -0.25) is 0 Å². The molecule has 1 aromatic heterocycles. The molecule has 2 rings (SSSR count). The monoisotopic (exact) mass is 280 g/mol. The van der Waals surface area contributed by atoms with Crippen molar-refractivity contribution in [3.63, 3.8) is 0 Å². The van der Waals surface area contributed by atoms with Gasteiger partial charge in [0.15, 0.2) is 0 Å². The summed E-state index contributed by atoms with van der Waals surface area (Å²) in [5.74, 6) is 0.672. The molecule has 88 valence electrons. The number of aromatic nitrogens is 1. The minimum absolute atomic E-state index is 0.168. The van der Waals surface area contributed by atoms with Gasteiger partial charge in [-0.25, -0.2) is 4.98 Å². The van der Waals surface area contributed by atoms with Crippen molar-refractivity contribution in [1.82, 2.24) is 4.98 Å². The van der Waals surface area contributed by atoms with Gasteiger partial charge < -0.3 is 9.64 Å². The van der Waals surface area contributed by atoms with E-state index in [4.69, 9.17) is 39.5 Å². The molecule has 1 unspecified atom stereocenters. The van der Waals surface area contributed by atoms with Gasteiger partial charge in [0, 0.05) is 13.1 Å². The second-order valence-electron chi connectivity index (χ2n) is 3.69. The highest BCUT2D eigenvalue weighted by atomic mass is 35.5. The lowest BCUT2D eigenvalue weighted by Crippen LogP contribution is -2.41. The zero-order chi connectivity index (χ0) is 11.7. The number of pyridine rings is 1. The molecule has 0 N–H and O–H groups in total. The number of anilines is 1. The maximum Gasteiger partial charge on any atom is 0.150 e. The lowest BCUT2D eigenvalue weighted by Gasteiger charge is -2.32. The molecular formula is C10H11Cl3N2O. The van der Waals surface area contributed by atoms with E-state index in [1.54, 1.807) is 6.07 Å². The molecule has 1 aliphatic rings. The van der Waals surface area contributed by atoms with Crippen LogP contribution in [0.1, 0.15) is 6.92 Å². The fourth-order valence-electron chi connectivity index (χ4n) is 1.67. The zero-order valence-corrected chi connectivity index (χ0v) is 11.0. The number of ether oxygens (including phenoxy) is 1. The molecule has 0 aliphatic carbocycles. The van der Waals surface area contributed by atoms with E-state index in [-0.39, 0.29) is 11.3 Å². The summed E-state index contributed by atoms with van der Waals surface area (Å²) in [5.41, 5.74) is 0. The number of rotatable bonds is 1. The number of nitrogens with zero attached hydrogens (tertiary/aromatic N) is 2. The molecule has 0 saturated carbocycles. The quantitative estimate of drug-likeness (QED) is 0.739. The smallest absolute Gasteiger partial charge is 0.150 e. The van der Waals surface area contributed by atoms with Crippen LogP contribution < -0.4 is 4.90 Å². The van der Waals surface area contributed by atoms with Gasteiger partial charge in [-0.05, 0) is 13.0 Å². The molecule has 2 heterocycles. The number of hydrogen-bond acceptors (Lipinski definition) is 3. The van der Waals surface area contributed by atoms with Crippen molar-refractivity contribution in [2.45, 2.75) is 13.0 Å². The molecule has 0 aromatic carbocycles. The Labute approximate surface area is 109 Å². The lowest BCUT2D eigenvalue weighted by molar-refractivity contribution is 0.0529. The van der Waals surface area contributed by atoms with Crippen LogP contribution in [0.5, 0.6) is 0 Å². The van der Waals surface area contributed by atoms with Crippen LogP contribution in [-0.2, 0) is 4.74 Å². The second-order valence-corrected chi connectivity index (χ2v) is 4.87. The van der Waals surface area contributed by atoms with E-state index in [9.17, 15) is 0 Å². The molecule has 0 spiro atoms. The van der Waals surface area contributed by atoms with Crippen molar-refractivity contribution in [1.29, 1.82) is 0 Å². The topological polar surface area (TPSA) is 25.4 Å². The summed E-state index contributed by atoms with van der Waals surface area (Å²) in [4.78, 5) is 6.26. The third-order valence-corrected chi connectivity index (χ3v) is 3.36. The van der Waals surface area contributed by atoms with Crippen LogP contribution in [0.2, 0.25) is 15.2 Å². The van der Waals surface area contributed by atoms with Gasteiger partial charge in [0.1, 0.15) is 11.0 Å². The third-order valence-electron chi connectivity index (χ3n) is 2.41. The summed E-state index contributed by atoms with van der Waals surface area (Å²) in [6.07, 6.45) is 0.168. The van der Waals surface area contributed by atoms with Crippen molar-refractivity contribution in [2.75, 3.05) is 24.6 Å². The average molecular weight is 282 g/mol. The summed E-state index contributed by atoms with van der Waals surface area (Å²) >= 11 is 17.8. The molecule has 16 heavy (non-hydrogen) atoms. The molecular weight excluding hydrogens is 270 g/mol. The van der Waals surface area contributed by atoms with Crippen LogP contribution in [0.4, 0.5) is 5.82 Å². The van der Waals surface area contributed by atoms with Gasteiger partial charge in [-0.1, -0.05) is 34.8 Å². The first-order valence-corrected chi connectivity index (χ1v) is 6.09. The largest absolute Gasteiger partial charge is 0.375 e. The van der Waals surface area contributed by atoms with Crippen LogP contribution in [0.15, 0.2) is 6.07 Å². The Bertz CT molecular complexity index is 400. The van der Waals surface area contributed by atoms with Gasteiger partial charge in [0.2, 0.25) is 0 Å². The molecule has 1 saturated heterocycles. The first-order chi connectivity index (χ1) is 7.58. The maximum atomic E-state index is 6.09. The number of hydrogen-bond donors (Lipinski definition) is 0. The van der Waals surface area contributed by atoms with Crippen LogP contribution in [0.3, 0.4) is 0 Å². The molecule has 0 amide bonds. The van der Waals surface area contributed by atoms with Gasteiger partial charge in [0.25, 0.3) is 0 Å². The summed E-state index contributed by atoms with van der Waals surface area (Å²) in [7, 11) is 0. The van der Waals surface area contributed by atoms with Crippen LogP contribution in [0, 0.1) is 0 Å². The molecule has 1 fully saturated rings.